The van der Waals surface area contributed by atoms with E-state index in [1.807, 2.05) is 0 Å². The maximum atomic E-state index is 5.06. The Morgan fingerprint density at radius 3 is 1.60 bits per heavy atom. The molecule has 0 aromatic carbocycles. The average molecular weight is 533 g/mol. The molecule has 0 fully saturated rings. The second-order valence-electron chi connectivity index (χ2n) is 5.54. The number of halogens is 6. The van der Waals surface area contributed by atoms with Gasteiger partial charge in [0.15, 0.2) is 6.54 Å². The van der Waals surface area contributed by atoms with Gasteiger partial charge in [0.2, 0.25) is 0 Å². The monoisotopic (exact) mass is 529 g/mol. The van der Waals surface area contributed by atoms with Crippen LogP contribution in [0.5, 0.6) is 0 Å². The van der Waals surface area contributed by atoms with Crippen LogP contribution in [0.1, 0.15) is 13.8 Å². The molecule has 0 aliphatic rings. The van der Waals surface area contributed by atoms with E-state index in [-0.39, 0.29) is 0 Å². The molecule has 0 aliphatic carbocycles. The van der Waals surface area contributed by atoms with Crippen LogP contribution in [0, 0.1) is 0 Å². The number of rotatable bonds is 5. The molecule has 0 atom stereocenters. The van der Waals surface area contributed by atoms with Gasteiger partial charge in [0.1, 0.15) is 12.8 Å². The third-order valence-electron chi connectivity index (χ3n) is 2.01. The van der Waals surface area contributed by atoms with Gasteiger partial charge in [-0.15, -0.1) is 0 Å². The molecule has 0 radical (unpaired) electrons. The number of likely N-dealkylation sites (N-methyl/N-ethyl adjacent to an activating group) is 1. The van der Waals surface area contributed by atoms with Gasteiger partial charge < -0.3 is 0 Å². The van der Waals surface area contributed by atoms with Gasteiger partial charge in [-0.25, -0.2) is 4.58 Å². The molecule has 0 bridgehead atoms. The summed E-state index contributed by atoms with van der Waals surface area (Å²) in [5.41, 5.74) is 0. The standard InChI is InChI=1S/C11H24NSi.6ClH.Sb/c1-6-12(7-2)10-8-9-11-13(3,4)5;;;;;;;/h6,8-9H,7,10-11H2,1-5H3;6*1H;/q+1;;;;;;;+5/p-6/b9-8+,12-6?;;;;;;;. The Morgan fingerprint density at radius 1 is 0.950 bits per heavy atom. The molecule has 0 rings (SSSR count). The predicted molar refractivity (Wildman–Crippen MR) is 106 cm³/mol. The summed E-state index contributed by atoms with van der Waals surface area (Å²) in [5.74, 6) is 0. The molecule has 9 heteroatoms. The normalized spacial score (nSPS) is 17.2. The molecule has 0 saturated carbocycles. The SMILES string of the molecule is CC=[N+](CC)C/C=C/C[Si](C)(C)C.[Cl][Sb-]([Cl])([Cl])([Cl])([Cl])[Cl]. The molecule has 0 aromatic rings. The molecule has 0 spiro atoms. The van der Waals surface area contributed by atoms with Crippen LogP contribution >= 0.6 is 53.0 Å². The van der Waals surface area contributed by atoms with Gasteiger partial charge in [-0.1, -0.05) is 25.7 Å². The fraction of sp³-hybridized carbons (Fsp3) is 0.727. The summed E-state index contributed by atoms with van der Waals surface area (Å²) in [6.07, 6.45) is 6.79. The zero-order valence-electron chi connectivity index (χ0n) is 12.5. The molecule has 0 unspecified atom stereocenters. The van der Waals surface area contributed by atoms with Gasteiger partial charge in [-0.05, 0) is 19.0 Å². The number of allylic oxidation sites excluding steroid dienone is 1. The van der Waals surface area contributed by atoms with Gasteiger partial charge in [0.05, 0.1) is 0 Å². The summed E-state index contributed by atoms with van der Waals surface area (Å²) < 4.78 is 2.31. The predicted octanol–water partition coefficient (Wildman–Crippen LogP) is 6.76. The van der Waals surface area contributed by atoms with Crippen LogP contribution in [0.4, 0.5) is 0 Å². The number of nitrogens with zero attached hydrogens (tertiary/aromatic N) is 1. The molecule has 124 valence electrons. The Balaban J connectivity index is 0. The molecule has 0 N–H and O–H groups in total. The van der Waals surface area contributed by atoms with Crippen molar-refractivity contribution in [3.8, 4) is 0 Å². The zero-order chi connectivity index (χ0) is 16.7. The van der Waals surface area contributed by atoms with E-state index in [0.717, 1.165) is 13.1 Å². The van der Waals surface area contributed by atoms with E-state index in [2.05, 4.69) is 56.4 Å². The third kappa shape index (κ3) is 36.9. The summed E-state index contributed by atoms with van der Waals surface area (Å²) in [4.78, 5) is 0. The fourth-order valence-electron chi connectivity index (χ4n) is 1.06. The third-order valence-corrected chi connectivity index (χ3v) is 3.47. The summed E-state index contributed by atoms with van der Waals surface area (Å²) >= 11 is 0. The van der Waals surface area contributed by atoms with Crippen molar-refractivity contribution in [1.82, 2.24) is 0 Å². The summed E-state index contributed by atoms with van der Waals surface area (Å²) in [6.45, 7) is 13.7. The van der Waals surface area contributed by atoms with Crippen molar-refractivity contribution in [2.75, 3.05) is 13.1 Å². The van der Waals surface area contributed by atoms with Crippen molar-refractivity contribution in [3.63, 3.8) is 0 Å². The van der Waals surface area contributed by atoms with E-state index < -0.39 is 17.2 Å². The van der Waals surface area contributed by atoms with Gasteiger partial charge in [0, 0.05) is 15.0 Å². The Bertz CT molecular complexity index is 340. The van der Waals surface area contributed by atoms with Crippen molar-refractivity contribution in [3.05, 3.63) is 12.2 Å². The first kappa shape index (κ1) is 24.4. The first-order valence-electron chi connectivity index (χ1n) is 6.19. The molecule has 0 amide bonds. The molecule has 0 aromatic heterocycles. The van der Waals surface area contributed by atoms with Crippen LogP contribution in [0.2, 0.25) is 25.7 Å². The maximum absolute atomic E-state index is 5.42. The first-order valence-corrected chi connectivity index (χ1v) is 29.3. The van der Waals surface area contributed by atoms with Gasteiger partial charge in [-0.2, -0.15) is 0 Å². The van der Waals surface area contributed by atoms with Gasteiger partial charge >= 0.3 is 62.1 Å². The van der Waals surface area contributed by atoms with E-state index in [0.29, 0.717) is 0 Å². The summed E-state index contributed by atoms with van der Waals surface area (Å²) in [7, 11) is 24.1. The minimum absolute atomic E-state index is 0.865. The van der Waals surface area contributed by atoms with Crippen LogP contribution in [-0.2, 0) is 0 Å². The van der Waals surface area contributed by atoms with E-state index in [1.165, 1.54) is 6.04 Å². The Hall–Kier alpha value is 2.19. The molecule has 1 nitrogen and oxygen atoms in total. The van der Waals surface area contributed by atoms with Crippen molar-refractivity contribution in [2.45, 2.75) is 39.5 Å². The van der Waals surface area contributed by atoms with Crippen molar-refractivity contribution >= 4 is 76.4 Å². The van der Waals surface area contributed by atoms with Crippen LogP contribution in [0.3, 0.4) is 0 Å². The zero-order valence-corrected chi connectivity index (χ0v) is 20.6. The van der Waals surface area contributed by atoms with Crippen LogP contribution in [0.15, 0.2) is 12.2 Å². The van der Waals surface area contributed by atoms with E-state index in [1.54, 1.807) is 0 Å². The Morgan fingerprint density at radius 2 is 1.35 bits per heavy atom. The van der Waals surface area contributed by atoms with E-state index >= 15 is 0 Å². The molecular weight excluding hydrogens is 509 g/mol. The van der Waals surface area contributed by atoms with Crippen LogP contribution in [0.25, 0.3) is 0 Å². The Labute approximate surface area is 144 Å². The van der Waals surface area contributed by atoms with Crippen molar-refractivity contribution in [1.29, 1.82) is 0 Å². The Kier molecular flexibility index (Phi) is 10.2. The minimum atomic E-state index is -5.42. The van der Waals surface area contributed by atoms with Crippen LogP contribution < -0.4 is 0 Å². The molecule has 20 heavy (non-hydrogen) atoms. The van der Waals surface area contributed by atoms with Crippen LogP contribution in [-0.4, -0.2) is 41.1 Å². The fourth-order valence-corrected chi connectivity index (χ4v) is 1.94. The van der Waals surface area contributed by atoms with Gasteiger partial charge in [-0.3, -0.25) is 0 Å². The van der Waals surface area contributed by atoms with Crippen molar-refractivity contribution in [2.24, 2.45) is 0 Å². The second-order valence-corrected chi connectivity index (χ2v) is 68.0. The molecule has 0 aliphatic heterocycles. The molecule has 0 saturated heterocycles. The molecular formula is C11H24Cl6NSbSi. The quantitative estimate of drug-likeness (QED) is 0.159. The number of hydrogen-bond acceptors (Lipinski definition) is 0. The second kappa shape index (κ2) is 8.33. The topological polar surface area (TPSA) is 3.01 Å². The summed E-state index contributed by atoms with van der Waals surface area (Å²) in [5, 5.41) is 0. The van der Waals surface area contributed by atoms with E-state index in [9.17, 15) is 0 Å². The molecule has 0 heterocycles. The van der Waals surface area contributed by atoms with E-state index in [4.69, 9.17) is 53.0 Å². The number of hydrogen-bond donors (Lipinski definition) is 0. The average Bonchev–Trinajstić information content (AvgIpc) is 2.11. The first-order chi connectivity index (χ1) is 8.44. The summed E-state index contributed by atoms with van der Waals surface area (Å²) in [6, 6.07) is 1.30. The van der Waals surface area contributed by atoms with Crippen molar-refractivity contribution < 1.29 is 4.58 Å². The van der Waals surface area contributed by atoms with Gasteiger partial charge in [0.25, 0.3) is 0 Å².